The van der Waals surface area contributed by atoms with Gasteiger partial charge < -0.3 is 15.2 Å². The monoisotopic (exact) mass is 201 g/mol. The van der Waals surface area contributed by atoms with Gasteiger partial charge in [-0.15, -0.1) is 0 Å². The van der Waals surface area contributed by atoms with Crippen LogP contribution < -0.4 is 5.32 Å². The molecule has 0 heterocycles. The number of nitrogens with one attached hydrogen (secondary N) is 1. The molecule has 0 aromatic rings. The van der Waals surface area contributed by atoms with Crippen LogP contribution in [0.3, 0.4) is 0 Å². The molecule has 0 aromatic heterocycles. The van der Waals surface area contributed by atoms with Crippen LogP contribution in [0.5, 0.6) is 0 Å². The Morgan fingerprint density at radius 3 is 2.64 bits per heavy atom. The maximum absolute atomic E-state index is 9.06. The van der Waals surface area contributed by atoms with Gasteiger partial charge in [0.25, 0.3) is 0 Å². The largest absolute Gasteiger partial charge is 0.396 e. The molecule has 1 aliphatic rings. The maximum Gasteiger partial charge on any atom is 0.0591 e. The zero-order chi connectivity index (χ0) is 10.4. The summed E-state index contributed by atoms with van der Waals surface area (Å²) in [6.45, 7) is 8.08. The van der Waals surface area contributed by atoms with Crippen molar-refractivity contribution >= 4 is 0 Å². The summed E-state index contributed by atoms with van der Waals surface area (Å²) < 4.78 is 5.44. The number of ether oxygens (including phenoxy) is 1. The summed E-state index contributed by atoms with van der Waals surface area (Å²) in [4.78, 5) is 0. The number of aliphatic hydroxyl groups excluding tert-OH is 1. The molecule has 0 aromatic carbocycles. The fourth-order valence-electron chi connectivity index (χ4n) is 1.38. The van der Waals surface area contributed by atoms with Gasteiger partial charge in [0, 0.05) is 31.7 Å². The van der Waals surface area contributed by atoms with Crippen molar-refractivity contribution in [3.8, 4) is 0 Å². The van der Waals surface area contributed by atoms with E-state index >= 15 is 0 Å². The predicted molar refractivity (Wildman–Crippen MR) is 57.3 cm³/mol. The quantitative estimate of drug-likeness (QED) is 0.576. The topological polar surface area (TPSA) is 41.5 Å². The van der Waals surface area contributed by atoms with E-state index in [9.17, 15) is 0 Å². The SMILES string of the molecule is CC(C)COCCNCC1(CO)CC1. The summed E-state index contributed by atoms with van der Waals surface area (Å²) in [5.74, 6) is 0.613. The van der Waals surface area contributed by atoms with Crippen LogP contribution in [0, 0.1) is 11.3 Å². The third-order valence-corrected chi connectivity index (χ3v) is 2.67. The van der Waals surface area contributed by atoms with Gasteiger partial charge in [0.1, 0.15) is 0 Å². The van der Waals surface area contributed by atoms with Crippen molar-refractivity contribution in [2.45, 2.75) is 26.7 Å². The van der Waals surface area contributed by atoms with Gasteiger partial charge in [0.15, 0.2) is 0 Å². The summed E-state index contributed by atoms with van der Waals surface area (Å²) in [5.41, 5.74) is 0.220. The van der Waals surface area contributed by atoms with Crippen molar-refractivity contribution in [1.29, 1.82) is 0 Å². The lowest BCUT2D eigenvalue weighted by atomic mass is 10.1. The summed E-state index contributed by atoms with van der Waals surface area (Å²) in [7, 11) is 0. The first-order chi connectivity index (χ1) is 6.68. The summed E-state index contributed by atoms with van der Waals surface area (Å²) in [6.07, 6.45) is 2.34. The molecule has 0 aliphatic heterocycles. The molecule has 0 amide bonds. The van der Waals surface area contributed by atoms with Gasteiger partial charge in [-0.2, -0.15) is 0 Å². The molecule has 0 bridgehead atoms. The lowest BCUT2D eigenvalue weighted by Crippen LogP contribution is -2.29. The third-order valence-electron chi connectivity index (χ3n) is 2.67. The van der Waals surface area contributed by atoms with Crippen LogP contribution in [0.15, 0.2) is 0 Å². The van der Waals surface area contributed by atoms with Crippen LogP contribution in [0.2, 0.25) is 0 Å². The van der Waals surface area contributed by atoms with Crippen LogP contribution in [-0.4, -0.2) is 38.0 Å². The van der Waals surface area contributed by atoms with Gasteiger partial charge in [-0.1, -0.05) is 13.8 Å². The van der Waals surface area contributed by atoms with E-state index in [2.05, 4.69) is 19.2 Å². The Balaban J connectivity index is 1.85. The van der Waals surface area contributed by atoms with Crippen molar-refractivity contribution in [3.63, 3.8) is 0 Å². The van der Waals surface area contributed by atoms with E-state index < -0.39 is 0 Å². The number of aliphatic hydroxyl groups is 1. The summed E-state index contributed by atoms with van der Waals surface area (Å²) in [5, 5.41) is 12.4. The molecule has 0 saturated heterocycles. The van der Waals surface area contributed by atoms with Crippen LogP contribution in [0.4, 0.5) is 0 Å². The number of hydrogen-bond donors (Lipinski definition) is 2. The molecule has 3 heteroatoms. The maximum atomic E-state index is 9.06. The first kappa shape index (κ1) is 12.0. The zero-order valence-electron chi connectivity index (χ0n) is 9.38. The molecule has 0 spiro atoms. The van der Waals surface area contributed by atoms with Crippen LogP contribution in [-0.2, 0) is 4.74 Å². The molecule has 1 saturated carbocycles. The lowest BCUT2D eigenvalue weighted by molar-refractivity contribution is 0.109. The molecule has 0 atom stereocenters. The Labute approximate surface area is 86.8 Å². The molecule has 1 rings (SSSR count). The van der Waals surface area contributed by atoms with Gasteiger partial charge in [0.05, 0.1) is 6.61 Å². The van der Waals surface area contributed by atoms with Gasteiger partial charge in [-0.05, 0) is 18.8 Å². The summed E-state index contributed by atoms with van der Waals surface area (Å²) in [6, 6.07) is 0. The smallest absolute Gasteiger partial charge is 0.0591 e. The average molecular weight is 201 g/mol. The Kier molecular flexibility index (Phi) is 4.85. The molecular formula is C11H23NO2. The van der Waals surface area contributed by atoms with Crippen molar-refractivity contribution in [3.05, 3.63) is 0 Å². The fraction of sp³-hybridized carbons (Fsp3) is 1.00. The van der Waals surface area contributed by atoms with E-state index in [0.29, 0.717) is 12.5 Å². The minimum Gasteiger partial charge on any atom is -0.396 e. The predicted octanol–water partition coefficient (Wildman–Crippen LogP) is 1.02. The van der Waals surface area contributed by atoms with E-state index in [1.807, 2.05) is 0 Å². The molecule has 0 radical (unpaired) electrons. The van der Waals surface area contributed by atoms with Crippen molar-refractivity contribution in [2.24, 2.45) is 11.3 Å². The second kappa shape index (κ2) is 5.69. The Morgan fingerprint density at radius 2 is 2.14 bits per heavy atom. The number of rotatable bonds is 8. The number of hydrogen-bond acceptors (Lipinski definition) is 3. The molecule has 0 unspecified atom stereocenters. The normalized spacial score (nSPS) is 18.9. The first-order valence-electron chi connectivity index (χ1n) is 5.58. The van der Waals surface area contributed by atoms with Crippen molar-refractivity contribution in [2.75, 3.05) is 32.9 Å². The van der Waals surface area contributed by atoms with E-state index in [0.717, 1.165) is 26.3 Å². The van der Waals surface area contributed by atoms with Crippen molar-refractivity contribution in [1.82, 2.24) is 5.32 Å². The average Bonchev–Trinajstić information content (AvgIpc) is 2.91. The molecule has 84 valence electrons. The van der Waals surface area contributed by atoms with E-state index in [4.69, 9.17) is 9.84 Å². The second-order valence-corrected chi connectivity index (χ2v) is 4.80. The highest BCUT2D eigenvalue weighted by Gasteiger charge is 2.41. The molecule has 2 N–H and O–H groups in total. The molecular weight excluding hydrogens is 178 g/mol. The van der Waals surface area contributed by atoms with E-state index in [1.165, 1.54) is 12.8 Å². The van der Waals surface area contributed by atoms with Crippen LogP contribution in [0.1, 0.15) is 26.7 Å². The van der Waals surface area contributed by atoms with Gasteiger partial charge >= 0.3 is 0 Å². The van der Waals surface area contributed by atoms with Crippen LogP contribution in [0.25, 0.3) is 0 Å². The second-order valence-electron chi connectivity index (χ2n) is 4.80. The Morgan fingerprint density at radius 1 is 1.43 bits per heavy atom. The van der Waals surface area contributed by atoms with Gasteiger partial charge in [-0.25, -0.2) is 0 Å². The first-order valence-corrected chi connectivity index (χ1v) is 5.58. The highest BCUT2D eigenvalue weighted by atomic mass is 16.5. The molecule has 14 heavy (non-hydrogen) atoms. The fourth-order valence-corrected chi connectivity index (χ4v) is 1.38. The van der Waals surface area contributed by atoms with Gasteiger partial charge in [-0.3, -0.25) is 0 Å². The zero-order valence-corrected chi connectivity index (χ0v) is 9.38. The Bertz CT molecular complexity index is 155. The minimum absolute atomic E-state index is 0.220. The lowest BCUT2D eigenvalue weighted by Gasteiger charge is -2.13. The molecule has 1 fully saturated rings. The van der Waals surface area contributed by atoms with E-state index in [-0.39, 0.29) is 5.41 Å². The molecule has 1 aliphatic carbocycles. The highest BCUT2D eigenvalue weighted by Crippen LogP contribution is 2.44. The van der Waals surface area contributed by atoms with Crippen LogP contribution >= 0.6 is 0 Å². The Hall–Kier alpha value is -0.120. The molecule has 3 nitrogen and oxygen atoms in total. The minimum atomic E-state index is 0.220. The van der Waals surface area contributed by atoms with Gasteiger partial charge in [0.2, 0.25) is 0 Å². The van der Waals surface area contributed by atoms with Crippen molar-refractivity contribution < 1.29 is 9.84 Å². The summed E-state index contributed by atoms with van der Waals surface area (Å²) >= 11 is 0. The van der Waals surface area contributed by atoms with E-state index in [1.54, 1.807) is 0 Å². The third kappa shape index (κ3) is 4.40. The standard InChI is InChI=1S/C11H23NO2/c1-10(2)7-14-6-5-12-8-11(9-13)3-4-11/h10,12-13H,3-9H2,1-2H3. The highest BCUT2D eigenvalue weighted by molar-refractivity contribution is 4.94.